The minimum absolute atomic E-state index is 0.122. The Hall–Kier alpha value is -2.76. The Bertz CT molecular complexity index is 1040. The summed E-state index contributed by atoms with van der Waals surface area (Å²) in [5.74, 6) is -1.03. The molecule has 1 saturated heterocycles. The van der Waals surface area contributed by atoms with Gasteiger partial charge in [0.1, 0.15) is 5.82 Å². The highest BCUT2D eigenvalue weighted by molar-refractivity contribution is 7.90. The third-order valence-electron chi connectivity index (χ3n) is 4.85. The number of hydrogen-bond acceptors (Lipinski definition) is 5. The summed E-state index contributed by atoms with van der Waals surface area (Å²) in [4.78, 5) is 14.8. The standard InChI is InChI=1S/C21H21FN2O4S/c1-29(26,27)20-4-2-15(3-5-20)14-24(21(25)17-6-8-28-9-7-17)19-11-16(13-23)10-18(22)12-19/h2-5,10-12,17H,6-9,14H2,1H3. The van der Waals surface area contributed by atoms with Gasteiger partial charge in [-0.15, -0.1) is 0 Å². The first-order valence-corrected chi connectivity index (χ1v) is 11.1. The molecule has 0 N–H and O–H groups in total. The van der Waals surface area contributed by atoms with E-state index >= 15 is 0 Å². The lowest BCUT2D eigenvalue weighted by molar-refractivity contribution is -0.125. The summed E-state index contributed by atoms with van der Waals surface area (Å²) in [5, 5.41) is 9.16. The van der Waals surface area contributed by atoms with Crippen molar-refractivity contribution >= 4 is 21.4 Å². The number of amides is 1. The molecule has 0 saturated carbocycles. The predicted molar refractivity (Wildman–Crippen MR) is 105 cm³/mol. The first kappa shape index (κ1) is 21.0. The minimum atomic E-state index is -3.33. The molecular formula is C21H21FN2O4S. The van der Waals surface area contributed by atoms with Crippen molar-refractivity contribution in [2.75, 3.05) is 24.4 Å². The van der Waals surface area contributed by atoms with Gasteiger partial charge in [-0.05, 0) is 48.7 Å². The molecule has 0 spiro atoms. The van der Waals surface area contributed by atoms with Crippen LogP contribution in [0.5, 0.6) is 0 Å². The fourth-order valence-corrected chi connectivity index (χ4v) is 3.91. The van der Waals surface area contributed by atoms with E-state index in [2.05, 4.69) is 0 Å². The molecule has 1 heterocycles. The highest BCUT2D eigenvalue weighted by Crippen LogP contribution is 2.26. The Morgan fingerprint density at radius 1 is 1.21 bits per heavy atom. The van der Waals surface area contributed by atoms with Crippen molar-refractivity contribution in [3.05, 3.63) is 59.4 Å². The molecule has 0 aromatic heterocycles. The van der Waals surface area contributed by atoms with Crippen LogP contribution >= 0.6 is 0 Å². The molecule has 1 fully saturated rings. The van der Waals surface area contributed by atoms with Crippen molar-refractivity contribution in [3.8, 4) is 6.07 Å². The maximum Gasteiger partial charge on any atom is 0.230 e. The highest BCUT2D eigenvalue weighted by atomic mass is 32.2. The molecule has 29 heavy (non-hydrogen) atoms. The molecule has 0 radical (unpaired) electrons. The second-order valence-corrected chi connectivity index (χ2v) is 9.05. The fraction of sp³-hybridized carbons (Fsp3) is 0.333. The van der Waals surface area contributed by atoms with Crippen molar-refractivity contribution in [3.63, 3.8) is 0 Å². The van der Waals surface area contributed by atoms with Gasteiger partial charge in [0.25, 0.3) is 0 Å². The maximum absolute atomic E-state index is 14.0. The molecule has 1 aliphatic heterocycles. The summed E-state index contributed by atoms with van der Waals surface area (Å²) >= 11 is 0. The van der Waals surface area contributed by atoms with Crippen molar-refractivity contribution in [2.45, 2.75) is 24.3 Å². The molecule has 2 aromatic carbocycles. The van der Waals surface area contributed by atoms with E-state index in [0.29, 0.717) is 37.3 Å². The van der Waals surface area contributed by atoms with Crippen molar-refractivity contribution in [2.24, 2.45) is 5.92 Å². The Labute approximate surface area is 169 Å². The summed E-state index contributed by atoms with van der Waals surface area (Å²) in [5.41, 5.74) is 1.11. The molecule has 6 nitrogen and oxygen atoms in total. The number of carbonyl (C=O) groups is 1. The van der Waals surface area contributed by atoms with E-state index in [1.54, 1.807) is 12.1 Å². The van der Waals surface area contributed by atoms with Gasteiger partial charge >= 0.3 is 0 Å². The topological polar surface area (TPSA) is 87.5 Å². The van der Waals surface area contributed by atoms with E-state index in [-0.39, 0.29) is 28.8 Å². The van der Waals surface area contributed by atoms with Crippen molar-refractivity contribution < 1.29 is 22.3 Å². The molecule has 0 atom stereocenters. The number of sulfone groups is 1. The fourth-order valence-electron chi connectivity index (χ4n) is 3.28. The Balaban J connectivity index is 1.95. The normalized spacial score (nSPS) is 14.9. The third kappa shape index (κ3) is 5.19. The summed E-state index contributed by atoms with van der Waals surface area (Å²) in [6, 6.07) is 11.9. The summed E-state index contributed by atoms with van der Waals surface area (Å²) < 4.78 is 42.7. The van der Waals surface area contributed by atoms with Crippen molar-refractivity contribution in [1.29, 1.82) is 5.26 Å². The predicted octanol–water partition coefficient (Wildman–Crippen LogP) is 3.06. The third-order valence-corrected chi connectivity index (χ3v) is 5.98. The van der Waals surface area contributed by atoms with E-state index < -0.39 is 15.7 Å². The second-order valence-electron chi connectivity index (χ2n) is 7.04. The molecule has 152 valence electrons. The molecule has 8 heteroatoms. The number of benzene rings is 2. The van der Waals surface area contributed by atoms with E-state index in [1.165, 1.54) is 29.2 Å². The van der Waals surface area contributed by atoms with Gasteiger partial charge in [0, 0.05) is 31.1 Å². The Morgan fingerprint density at radius 2 is 1.86 bits per heavy atom. The van der Waals surface area contributed by atoms with E-state index in [9.17, 15) is 17.6 Å². The van der Waals surface area contributed by atoms with E-state index in [0.717, 1.165) is 12.3 Å². The van der Waals surface area contributed by atoms with Gasteiger partial charge in [-0.25, -0.2) is 12.8 Å². The molecule has 0 unspecified atom stereocenters. The van der Waals surface area contributed by atoms with Crippen LogP contribution in [0.25, 0.3) is 0 Å². The van der Waals surface area contributed by atoms with Gasteiger partial charge in [-0.2, -0.15) is 5.26 Å². The van der Waals surface area contributed by atoms with Crippen LogP contribution in [-0.4, -0.2) is 33.8 Å². The lowest BCUT2D eigenvalue weighted by Gasteiger charge is -2.30. The number of rotatable bonds is 5. The van der Waals surface area contributed by atoms with E-state index in [1.807, 2.05) is 6.07 Å². The molecular weight excluding hydrogens is 395 g/mol. The van der Waals surface area contributed by atoms with Crippen LogP contribution in [0.15, 0.2) is 47.4 Å². The highest BCUT2D eigenvalue weighted by Gasteiger charge is 2.28. The monoisotopic (exact) mass is 416 g/mol. The Morgan fingerprint density at radius 3 is 2.45 bits per heavy atom. The minimum Gasteiger partial charge on any atom is -0.381 e. The van der Waals surface area contributed by atoms with Crippen LogP contribution in [0.2, 0.25) is 0 Å². The lowest BCUT2D eigenvalue weighted by Crippen LogP contribution is -2.38. The smallest absolute Gasteiger partial charge is 0.230 e. The molecule has 2 aromatic rings. The zero-order chi connectivity index (χ0) is 21.0. The first-order chi connectivity index (χ1) is 13.8. The van der Waals surface area contributed by atoms with Gasteiger partial charge in [0.05, 0.1) is 23.1 Å². The summed E-state index contributed by atoms with van der Waals surface area (Å²) in [7, 11) is -3.33. The zero-order valence-corrected chi connectivity index (χ0v) is 16.8. The number of carbonyl (C=O) groups excluding carboxylic acids is 1. The molecule has 1 amide bonds. The van der Waals surface area contributed by atoms with Crippen LogP contribution < -0.4 is 4.90 Å². The number of anilines is 1. The van der Waals surface area contributed by atoms with Gasteiger partial charge in [0.2, 0.25) is 5.91 Å². The summed E-state index contributed by atoms with van der Waals surface area (Å²) in [6.07, 6.45) is 2.27. The van der Waals surface area contributed by atoms with Crippen LogP contribution in [-0.2, 0) is 25.9 Å². The van der Waals surface area contributed by atoms with Crippen LogP contribution in [0, 0.1) is 23.1 Å². The molecule has 0 bridgehead atoms. The number of halogens is 1. The van der Waals surface area contributed by atoms with Crippen LogP contribution in [0.4, 0.5) is 10.1 Å². The molecule has 1 aliphatic rings. The van der Waals surface area contributed by atoms with Gasteiger partial charge < -0.3 is 9.64 Å². The summed E-state index contributed by atoms with van der Waals surface area (Å²) in [6.45, 7) is 1.11. The average Bonchev–Trinajstić information content (AvgIpc) is 2.71. The van der Waals surface area contributed by atoms with Crippen LogP contribution in [0.1, 0.15) is 24.0 Å². The number of nitriles is 1. The number of nitrogens with zero attached hydrogens (tertiary/aromatic N) is 2. The second kappa shape index (κ2) is 8.72. The molecule has 0 aliphatic carbocycles. The largest absolute Gasteiger partial charge is 0.381 e. The number of hydrogen-bond donors (Lipinski definition) is 0. The average molecular weight is 416 g/mol. The first-order valence-electron chi connectivity index (χ1n) is 9.17. The van der Waals surface area contributed by atoms with Gasteiger partial charge in [0.15, 0.2) is 9.84 Å². The maximum atomic E-state index is 14.0. The van der Waals surface area contributed by atoms with Gasteiger partial charge in [-0.3, -0.25) is 4.79 Å². The van der Waals surface area contributed by atoms with Crippen molar-refractivity contribution in [1.82, 2.24) is 0 Å². The van der Waals surface area contributed by atoms with Gasteiger partial charge in [-0.1, -0.05) is 12.1 Å². The molecule has 3 rings (SSSR count). The zero-order valence-electron chi connectivity index (χ0n) is 16.0. The van der Waals surface area contributed by atoms with Crippen LogP contribution in [0.3, 0.4) is 0 Å². The quantitative estimate of drug-likeness (QED) is 0.748. The van der Waals surface area contributed by atoms with E-state index in [4.69, 9.17) is 10.00 Å². The SMILES string of the molecule is CS(=O)(=O)c1ccc(CN(C(=O)C2CCOCC2)c2cc(F)cc(C#N)c2)cc1. The lowest BCUT2D eigenvalue weighted by atomic mass is 9.97. The Kier molecular flexibility index (Phi) is 6.30. The number of ether oxygens (including phenoxy) is 1.